The van der Waals surface area contributed by atoms with Gasteiger partial charge in [-0.2, -0.15) is 5.10 Å². The van der Waals surface area contributed by atoms with Crippen LogP contribution >= 0.6 is 11.8 Å². The number of nitrogens with zero attached hydrogens (tertiary/aromatic N) is 2. The molecule has 0 spiro atoms. The highest BCUT2D eigenvalue weighted by molar-refractivity contribution is 8.00. The number of carbonyl (C=O) groups excluding carboxylic acids is 1. The van der Waals surface area contributed by atoms with Gasteiger partial charge in [-0.1, -0.05) is 25.6 Å². The Balaban J connectivity index is 2.41. The van der Waals surface area contributed by atoms with Gasteiger partial charge in [-0.3, -0.25) is 9.48 Å². The summed E-state index contributed by atoms with van der Waals surface area (Å²) in [5.74, 6) is 0.435. The average molecular weight is 239 g/mol. The normalized spacial score (nSPS) is 19.8. The molecule has 1 aliphatic heterocycles. The fraction of sp³-hybridized carbons (Fsp3) is 0.636. The van der Waals surface area contributed by atoms with Gasteiger partial charge in [0.25, 0.3) is 0 Å². The Bertz CT molecular complexity index is 425. The van der Waals surface area contributed by atoms with Gasteiger partial charge in [0.2, 0.25) is 5.91 Å². The molecule has 1 aromatic heterocycles. The number of fused-ring (bicyclic) bond motifs is 1. The van der Waals surface area contributed by atoms with Crippen molar-refractivity contribution in [1.29, 1.82) is 0 Å². The molecule has 0 fully saturated rings. The fourth-order valence-corrected chi connectivity index (χ4v) is 3.13. The number of anilines is 1. The molecule has 0 aromatic carbocycles. The molecule has 16 heavy (non-hydrogen) atoms. The minimum Gasteiger partial charge on any atom is -0.321 e. The second-order valence-electron chi connectivity index (χ2n) is 4.35. The van der Waals surface area contributed by atoms with Crippen LogP contribution in [0.4, 0.5) is 5.69 Å². The molecule has 1 atom stereocenters. The minimum atomic E-state index is -0.00565. The summed E-state index contributed by atoms with van der Waals surface area (Å²) in [7, 11) is 0. The molecule has 1 aromatic rings. The van der Waals surface area contributed by atoms with E-state index in [2.05, 4.69) is 31.2 Å². The van der Waals surface area contributed by atoms with Crippen LogP contribution in [0, 0.1) is 12.8 Å². The minimum absolute atomic E-state index is 0.00565. The summed E-state index contributed by atoms with van der Waals surface area (Å²) in [6.07, 6.45) is 0. The summed E-state index contributed by atoms with van der Waals surface area (Å²) >= 11 is 1.63. The highest BCUT2D eigenvalue weighted by Gasteiger charge is 2.33. The van der Waals surface area contributed by atoms with E-state index in [1.54, 1.807) is 11.8 Å². The quantitative estimate of drug-likeness (QED) is 0.861. The molecular formula is C11H17N3OS. The first-order valence-electron chi connectivity index (χ1n) is 5.59. The van der Waals surface area contributed by atoms with Gasteiger partial charge in [0.05, 0.1) is 16.6 Å². The van der Waals surface area contributed by atoms with Crippen molar-refractivity contribution in [3.8, 4) is 0 Å². The number of nitrogens with one attached hydrogen (secondary N) is 1. The lowest BCUT2D eigenvalue weighted by atomic mass is 10.1. The standard InChI is InChI=1S/C11H17N3OS/c1-5-14-11-8(7(4)13-14)12-10(15)9(16-11)6(2)3/h6,9H,5H2,1-4H3,(H,12,15). The maximum Gasteiger partial charge on any atom is 0.238 e. The number of amides is 1. The molecule has 0 saturated heterocycles. The summed E-state index contributed by atoms with van der Waals surface area (Å²) in [5.41, 5.74) is 1.80. The molecule has 1 amide bonds. The lowest BCUT2D eigenvalue weighted by Gasteiger charge is -2.25. The smallest absolute Gasteiger partial charge is 0.238 e. The van der Waals surface area contributed by atoms with Gasteiger partial charge < -0.3 is 5.32 Å². The van der Waals surface area contributed by atoms with E-state index in [0.717, 1.165) is 23.0 Å². The lowest BCUT2D eigenvalue weighted by molar-refractivity contribution is -0.116. The summed E-state index contributed by atoms with van der Waals surface area (Å²) in [4.78, 5) is 11.9. The Morgan fingerprint density at radius 2 is 2.25 bits per heavy atom. The van der Waals surface area contributed by atoms with Crippen molar-refractivity contribution >= 4 is 23.4 Å². The van der Waals surface area contributed by atoms with Crippen LogP contribution in [-0.2, 0) is 11.3 Å². The number of thioether (sulfide) groups is 1. The molecule has 1 aliphatic rings. The van der Waals surface area contributed by atoms with Crippen molar-refractivity contribution < 1.29 is 4.79 Å². The maximum atomic E-state index is 11.9. The Labute approximate surface area is 99.8 Å². The zero-order valence-corrected chi connectivity index (χ0v) is 10.9. The third kappa shape index (κ3) is 1.73. The molecular weight excluding hydrogens is 222 g/mol. The third-order valence-electron chi connectivity index (χ3n) is 2.73. The van der Waals surface area contributed by atoms with Crippen LogP contribution in [-0.4, -0.2) is 20.9 Å². The predicted octanol–water partition coefficient (Wildman–Crippen LogP) is 2.28. The van der Waals surface area contributed by atoms with Crippen LogP contribution in [0.1, 0.15) is 26.5 Å². The second-order valence-corrected chi connectivity index (χ2v) is 5.48. The number of rotatable bonds is 2. The van der Waals surface area contributed by atoms with Gasteiger partial charge in [-0.05, 0) is 19.8 Å². The molecule has 0 bridgehead atoms. The van der Waals surface area contributed by atoms with E-state index in [0.29, 0.717) is 5.92 Å². The highest BCUT2D eigenvalue weighted by Crippen LogP contribution is 2.40. The van der Waals surface area contributed by atoms with Crippen LogP contribution in [0.2, 0.25) is 0 Å². The average Bonchev–Trinajstić information content (AvgIpc) is 2.54. The van der Waals surface area contributed by atoms with Gasteiger partial charge in [0.15, 0.2) is 0 Å². The van der Waals surface area contributed by atoms with Crippen molar-refractivity contribution in [2.45, 2.75) is 44.5 Å². The molecule has 88 valence electrons. The van der Waals surface area contributed by atoms with Gasteiger partial charge in [0.1, 0.15) is 5.03 Å². The fourth-order valence-electron chi connectivity index (χ4n) is 1.85. The largest absolute Gasteiger partial charge is 0.321 e. The summed E-state index contributed by atoms with van der Waals surface area (Å²) in [6, 6.07) is 0. The first kappa shape index (κ1) is 11.5. The molecule has 1 unspecified atom stereocenters. The van der Waals surface area contributed by atoms with E-state index in [1.807, 2.05) is 11.6 Å². The number of aryl methyl sites for hydroxylation is 2. The summed E-state index contributed by atoms with van der Waals surface area (Å²) in [5, 5.41) is 8.48. The number of aromatic nitrogens is 2. The van der Waals surface area contributed by atoms with Gasteiger partial charge >= 0.3 is 0 Å². The van der Waals surface area contributed by atoms with E-state index in [9.17, 15) is 4.79 Å². The van der Waals surface area contributed by atoms with Crippen LogP contribution in [0.15, 0.2) is 5.03 Å². The maximum absolute atomic E-state index is 11.9. The SMILES string of the molecule is CCn1nc(C)c2c1SC(C(C)C)C(=O)N2. The summed E-state index contributed by atoms with van der Waals surface area (Å²) in [6.45, 7) is 8.98. The van der Waals surface area contributed by atoms with Crippen LogP contribution in [0.5, 0.6) is 0 Å². The molecule has 0 radical (unpaired) electrons. The van der Waals surface area contributed by atoms with Gasteiger partial charge in [-0.25, -0.2) is 0 Å². The van der Waals surface area contributed by atoms with Crippen molar-refractivity contribution in [2.24, 2.45) is 5.92 Å². The van der Waals surface area contributed by atoms with E-state index in [-0.39, 0.29) is 11.2 Å². The number of hydrogen-bond acceptors (Lipinski definition) is 3. The molecule has 2 heterocycles. The van der Waals surface area contributed by atoms with Crippen LogP contribution in [0.25, 0.3) is 0 Å². The van der Waals surface area contributed by atoms with E-state index >= 15 is 0 Å². The Morgan fingerprint density at radius 3 is 2.81 bits per heavy atom. The molecule has 0 aliphatic carbocycles. The molecule has 0 saturated carbocycles. The van der Waals surface area contributed by atoms with Gasteiger partial charge in [0, 0.05) is 6.54 Å². The van der Waals surface area contributed by atoms with Crippen LogP contribution < -0.4 is 5.32 Å². The summed E-state index contributed by atoms with van der Waals surface area (Å²) < 4.78 is 1.96. The van der Waals surface area contributed by atoms with Gasteiger partial charge in [-0.15, -0.1) is 0 Å². The van der Waals surface area contributed by atoms with Crippen molar-refractivity contribution in [1.82, 2.24) is 9.78 Å². The predicted molar refractivity (Wildman–Crippen MR) is 65.8 cm³/mol. The van der Waals surface area contributed by atoms with Crippen molar-refractivity contribution in [3.63, 3.8) is 0 Å². The molecule has 1 N–H and O–H groups in total. The van der Waals surface area contributed by atoms with Crippen LogP contribution in [0.3, 0.4) is 0 Å². The zero-order valence-electron chi connectivity index (χ0n) is 10.1. The Kier molecular flexibility index (Phi) is 2.97. The second kappa shape index (κ2) is 4.13. The zero-order chi connectivity index (χ0) is 11.9. The first-order valence-corrected chi connectivity index (χ1v) is 6.47. The third-order valence-corrected chi connectivity index (χ3v) is 4.38. The topological polar surface area (TPSA) is 46.9 Å². The molecule has 2 rings (SSSR count). The Morgan fingerprint density at radius 1 is 1.56 bits per heavy atom. The molecule has 4 nitrogen and oxygen atoms in total. The first-order chi connectivity index (χ1) is 7.54. The van der Waals surface area contributed by atoms with E-state index < -0.39 is 0 Å². The Hall–Kier alpha value is -0.970. The molecule has 5 heteroatoms. The monoisotopic (exact) mass is 239 g/mol. The van der Waals surface area contributed by atoms with E-state index in [4.69, 9.17) is 0 Å². The number of carbonyl (C=O) groups is 1. The highest BCUT2D eigenvalue weighted by atomic mass is 32.2. The number of hydrogen-bond donors (Lipinski definition) is 1. The van der Waals surface area contributed by atoms with Crippen molar-refractivity contribution in [2.75, 3.05) is 5.32 Å². The van der Waals surface area contributed by atoms with Crippen molar-refractivity contribution in [3.05, 3.63) is 5.69 Å². The lowest BCUT2D eigenvalue weighted by Crippen LogP contribution is -2.33. The van der Waals surface area contributed by atoms with E-state index in [1.165, 1.54) is 0 Å².